The standard InChI is InChI=1S/C12H21NO2/c1-9-7-12(5-6-12)8-13(9)10(14)15-11(2,3)4/h9H,5-8H2,1-4H3/t9-/m0/s1. The summed E-state index contributed by atoms with van der Waals surface area (Å²) in [7, 11) is 0. The number of likely N-dealkylation sites (tertiary alicyclic amines) is 1. The fourth-order valence-corrected chi connectivity index (χ4v) is 2.42. The van der Waals surface area contributed by atoms with E-state index in [-0.39, 0.29) is 11.7 Å². The highest BCUT2D eigenvalue weighted by atomic mass is 16.6. The lowest BCUT2D eigenvalue weighted by Crippen LogP contribution is -2.38. The highest BCUT2D eigenvalue weighted by Gasteiger charge is 2.52. The zero-order valence-corrected chi connectivity index (χ0v) is 10.2. The third-order valence-electron chi connectivity index (χ3n) is 3.35. The first kappa shape index (κ1) is 10.8. The van der Waals surface area contributed by atoms with Gasteiger partial charge in [0.1, 0.15) is 5.60 Å². The summed E-state index contributed by atoms with van der Waals surface area (Å²) in [5.74, 6) is 0. The van der Waals surface area contributed by atoms with E-state index in [1.54, 1.807) is 0 Å². The molecule has 15 heavy (non-hydrogen) atoms. The van der Waals surface area contributed by atoms with Gasteiger partial charge in [0, 0.05) is 12.6 Å². The minimum Gasteiger partial charge on any atom is -0.444 e. The van der Waals surface area contributed by atoms with Crippen molar-refractivity contribution < 1.29 is 9.53 Å². The van der Waals surface area contributed by atoms with Crippen LogP contribution in [-0.2, 0) is 4.74 Å². The molecule has 1 saturated heterocycles. The van der Waals surface area contributed by atoms with Crippen molar-refractivity contribution in [2.45, 2.75) is 58.6 Å². The fraction of sp³-hybridized carbons (Fsp3) is 0.917. The first-order valence-corrected chi connectivity index (χ1v) is 5.81. The van der Waals surface area contributed by atoms with E-state index in [1.807, 2.05) is 25.7 Å². The van der Waals surface area contributed by atoms with Crippen molar-refractivity contribution in [3.8, 4) is 0 Å². The Balaban J connectivity index is 1.96. The Kier molecular flexibility index (Phi) is 2.25. The molecule has 1 heterocycles. The lowest BCUT2D eigenvalue weighted by Gasteiger charge is -2.27. The van der Waals surface area contributed by atoms with Gasteiger partial charge in [-0.15, -0.1) is 0 Å². The maximum absolute atomic E-state index is 11.9. The zero-order valence-electron chi connectivity index (χ0n) is 10.2. The van der Waals surface area contributed by atoms with Crippen molar-refractivity contribution in [1.29, 1.82) is 0 Å². The zero-order chi connectivity index (χ0) is 11.3. The predicted octanol–water partition coefficient (Wildman–Crippen LogP) is 2.80. The molecule has 1 atom stereocenters. The van der Waals surface area contributed by atoms with Gasteiger partial charge in [-0.2, -0.15) is 0 Å². The molecular weight excluding hydrogens is 190 g/mol. The Morgan fingerprint density at radius 3 is 2.40 bits per heavy atom. The van der Waals surface area contributed by atoms with E-state index in [4.69, 9.17) is 4.74 Å². The molecule has 0 radical (unpaired) electrons. The Labute approximate surface area is 91.8 Å². The van der Waals surface area contributed by atoms with E-state index in [1.165, 1.54) is 12.8 Å². The number of carbonyl (C=O) groups excluding carboxylic acids is 1. The second-order valence-electron chi connectivity index (χ2n) is 6.16. The maximum Gasteiger partial charge on any atom is 0.410 e. The first-order chi connectivity index (χ1) is 6.81. The number of amides is 1. The van der Waals surface area contributed by atoms with Crippen molar-refractivity contribution in [2.75, 3.05) is 6.54 Å². The van der Waals surface area contributed by atoms with Gasteiger partial charge in [0.2, 0.25) is 0 Å². The van der Waals surface area contributed by atoms with Crippen LogP contribution in [0.3, 0.4) is 0 Å². The average Bonchev–Trinajstić information content (AvgIpc) is 2.67. The van der Waals surface area contributed by atoms with E-state index in [0.29, 0.717) is 11.5 Å². The van der Waals surface area contributed by atoms with Crippen molar-refractivity contribution >= 4 is 6.09 Å². The molecule has 1 amide bonds. The molecule has 0 aromatic rings. The first-order valence-electron chi connectivity index (χ1n) is 5.81. The van der Waals surface area contributed by atoms with E-state index in [2.05, 4.69) is 6.92 Å². The van der Waals surface area contributed by atoms with Gasteiger partial charge in [-0.25, -0.2) is 4.79 Å². The SMILES string of the molecule is C[C@H]1CC2(CC2)CN1C(=O)OC(C)(C)C. The molecule has 2 rings (SSSR count). The van der Waals surface area contributed by atoms with E-state index in [9.17, 15) is 4.79 Å². The molecule has 1 spiro atoms. The number of carbonyl (C=O) groups is 1. The summed E-state index contributed by atoms with van der Waals surface area (Å²) >= 11 is 0. The van der Waals surface area contributed by atoms with Gasteiger partial charge in [0.05, 0.1) is 0 Å². The molecule has 3 heteroatoms. The van der Waals surface area contributed by atoms with Crippen LogP contribution >= 0.6 is 0 Å². The van der Waals surface area contributed by atoms with Gasteiger partial charge in [0.15, 0.2) is 0 Å². The molecule has 0 unspecified atom stereocenters. The Hall–Kier alpha value is -0.730. The van der Waals surface area contributed by atoms with Gasteiger partial charge >= 0.3 is 6.09 Å². The van der Waals surface area contributed by atoms with Crippen LogP contribution in [0.4, 0.5) is 4.79 Å². The molecule has 1 saturated carbocycles. The number of nitrogens with zero attached hydrogens (tertiary/aromatic N) is 1. The summed E-state index contributed by atoms with van der Waals surface area (Å²) in [5.41, 5.74) is 0.0897. The highest BCUT2D eigenvalue weighted by Crippen LogP contribution is 2.54. The lowest BCUT2D eigenvalue weighted by molar-refractivity contribution is 0.0232. The number of ether oxygens (including phenoxy) is 1. The Morgan fingerprint density at radius 2 is 2.00 bits per heavy atom. The van der Waals surface area contributed by atoms with Crippen LogP contribution in [-0.4, -0.2) is 29.2 Å². The van der Waals surface area contributed by atoms with Gasteiger partial charge < -0.3 is 9.64 Å². The molecule has 0 bridgehead atoms. The topological polar surface area (TPSA) is 29.5 Å². The predicted molar refractivity (Wildman–Crippen MR) is 58.7 cm³/mol. The van der Waals surface area contributed by atoms with Crippen molar-refractivity contribution in [3.63, 3.8) is 0 Å². The van der Waals surface area contributed by atoms with Crippen LogP contribution < -0.4 is 0 Å². The van der Waals surface area contributed by atoms with Crippen LogP contribution in [0.5, 0.6) is 0 Å². The largest absolute Gasteiger partial charge is 0.444 e. The van der Waals surface area contributed by atoms with Crippen LogP contribution in [0.25, 0.3) is 0 Å². The monoisotopic (exact) mass is 211 g/mol. The van der Waals surface area contributed by atoms with Gasteiger partial charge in [0.25, 0.3) is 0 Å². The van der Waals surface area contributed by atoms with Gasteiger partial charge in [-0.3, -0.25) is 0 Å². The van der Waals surface area contributed by atoms with Crippen molar-refractivity contribution in [3.05, 3.63) is 0 Å². The van der Waals surface area contributed by atoms with Gasteiger partial charge in [-0.1, -0.05) is 0 Å². The maximum atomic E-state index is 11.9. The molecule has 0 aromatic heterocycles. The number of hydrogen-bond donors (Lipinski definition) is 0. The van der Waals surface area contributed by atoms with E-state index >= 15 is 0 Å². The molecule has 86 valence electrons. The molecule has 2 aliphatic rings. The summed E-state index contributed by atoms with van der Waals surface area (Å²) in [5, 5.41) is 0. The van der Waals surface area contributed by atoms with Crippen molar-refractivity contribution in [1.82, 2.24) is 4.90 Å². The lowest BCUT2D eigenvalue weighted by atomic mass is 10.0. The normalized spacial score (nSPS) is 28.3. The third-order valence-corrected chi connectivity index (χ3v) is 3.35. The average molecular weight is 211 g/mol. The fourth-order valence-electron chi connectivity index (χ4n) is 2.42. The molecule has 1 aliphatic heterocycles. The summed E-state index contributed by atoms with van der Waals surface area (Å²) in [6, 6.07) is 0.349. The second-order valence-corrected chi connectivity index (χ2v) is 6.16. The summed E-state index contributed by atoms with van der Waals surface area (Å²) in [6.45, 7) is 8.77. The summed E-state index contributed by atoms with van der Waals surface area (Å²) < 4.78 is 5.40. The van der Waals surface area contributed by atoms with Crippen LogP contribution in [0.1, 0.15) is 47.0 Å². The third kappa shape index (κ3) is 2.27. The van der Waals surface area contributed by atoms with E-state index < -0.39 is 0 Å². The Bertz CT molecular complexity index is 276. The minimum absolute atomic E-state index is 0.140. The molecule has 1 aliphatic carbocycles. The van der Waals surface area contributed by atoms with Crippen LogP contribution in [0.15, 0.2) is 0 Å². The molecule has 3 nitrogen and oxygen atoms in total. The Morgan fingerprint density at radius 1 is 1.40 bits per heavy atom. The van der Waals surface area contributed by atoms with Crippen LogP contribution in [0, 0.1) is 5.41 Å². The minimum atomic E-state index is -0.379. The molecule has 2 fully saturated rings. The van der Waals surface area contributed by atoms with Crippen LogP contribution in [0.2, 0.25) is 0 Å². The van der Waals surface area contributed by atoms with Crippen molar-refractivity contribution in [2.24, 2.45) is 5.41 Å². The van der Waals surface area contributed by atoms with Gasteiger partial charge in [-0.05, 0) is 52.4 Å². The number of rotatable bonds is 0. The smallest absolute Gasteiger partial charge is 0.410 e. The molecule has 0 aromatic carbocycles. The molecule has 0 N–H and O–H groups in total. The summed E-state index contributed by atoms with van der Waals surface area (Å²) in [6.07, 6.45) is 3.60. The molecular formula is C12H21NO2. The quantitative estimate of drug-likeness (QED) is 0.616. The summed E-state index contributed by atoms with van der Waals surface area (Å²) in [4.78, 5) is 13.8. The highest BCUT2D eigenvalue weighted by molar-refractivity contribution is 5.69. The van der Waals surface area contributed by atoms with E-state index in [0.717, 1.165) is 13.0 Å². The number of hydrogen-bond acceptors (Lipinski definition) is 2. The second kappa shape index (κ2) is 3.13.